The summed E-state index contributed by atoms with van der Waals surface area (Å²) < 4.78 is 0. The Kier molecular flexibility index (Phi) is 4.89. The monoisotopic (exact) mass is 232 g/mol. The predicted octanol–water partition coefficient (Wildman–Crippen LogP) is 2.27. The highest BCUT2D eigenvalue weighted by molar-refractivity contribution is 7.07. The number of hydrogen-bond donors (Lipinski definition) is 1. The molecular formula is C10H17ClN2S. The SMILES string of the molecule is Cl.NCCN1CCCC1c1ccsc1. The van der Waals surface area contributed by atoms with E-state index in [1.807, 2.05) is 0 Å². The third kappa shape index (κ3) is 2.48. The van der Waals surface area contributed by atoms with Crippen molar-refractivity contribution < 1.29 is 0 Å². The van der Waals surface area contributed by atoms with Gasteiger partial charge in [-0.25, -0.2) is 0 Å². The first kappa shape index (κ1) is 12.0. The van der Waals surface area contributed by atoms with Crippen molar-refractivity contribution in [2.45, 2.75) is 18.9 Å². The third-order valence-corrected chi connectivity index (χ3v) is 3.41. The number of likely N-dealkylation sites (tertiary alicyclic amines) is 1. The van der Waals surface area contributed by atoms with Crippen molar-refractivity contribution in [3.8, 4) is 0 Å². The molecule has 2 N–H and O–H groups in total. The van der Waals surface area contributed by atoms with Gasteiger partial charge in [-0.05, 0) is 41.8 Å². The molecule has 80 valence electrons. The van der Waals surface area contributed by atoms with Crippen molar-refractivity contribution in [2.75, 3.05) is 19.6 Å². The maximum atomic E-state index is 5.58. The second kappa shape index (κ2) is 5.71. The highest BCUT2D eigenvalue weighted by Crippen LogP contribution is 2.32. The fourth-order valence-corrected chi connectivity index (χ4v) is 2.81. The minimum absolute atomic E-state index is 0. The van der Waals surface area contributed by atoms with Crippen molar-refractivity contribution in [2.24, 2.45) is 5.73 Å². The number of rotatable bonds is 3. The Morgan fingerprint density at radius 1 is 1.57 bits per heavy atom. The van der Waals surface area contributed by atoms with Crippen LogP contribution in [0.1, 0.15) is 24.4 Å². The minimum atomic E-state index is 0. The molecule has 14 heavy (non-hydrogen) atoms. The van der Waals surface area contributed by atoms with Gasteiger partial charge in [0.15, 0.2) is 0 Å². The topological polar surface area (TPSA) is 29.3 Å². The molecule has 2 heterocycles. The third-order valence-electron chi connectivity index (χ3n) is 2.71. The molecule has 0 radical (unpaired) electrons. The predicted molar refractivity (Wildman–Crippen MR) is 64.2 cm³/mol. The molecule has 0 saturated carbocycles. The first-order valence-electron chi connectivity index (χ1n) is 4.88. The van der Waals surface area contributed by atoms with E-state index in [2.05, 4.69) is 21.7 Å². The standard InChI is InChI=1S/C10H16N2S.ClH/c11-4-6-12-5-1-2-10(12)9-3-7-13-8-9;/h3,7-8,10H,1-2,4-6,11H2;1H. The fraction of sp³-hybridized carbons (Fsp3) is 0.600. The van der Waals surface area contributed by atoms with Gasteiger partial charge in [0.2, 0.25) is 0 Å². The van der Waals surface area contributed by atoms with Crippen molar-refractivity contribution in [3.05, 3.63) is 22.4 Å². The summed E-state index contributed by atoms with van der Waals surface area (Å²) in [4.78, 5) is 2.50. The molecule has 1 atom stereocenters. The van der Waals surface area contributed by atoms with E-state index >= 15 is 0 Å². The second-order valence-corrected chi connectivity index (χ2v) is 4.32. The van der Waals surface area contributed by atoms with Crippen molar-refractivity contribution in [1.29, 1.82) is 0 Å². The van der Waals surface area contributed by atoms with E-state index in [0.717, 1.165) is 13.1 Å². The van der Waals surface area contributed by atoms with Crippen LogP contribution in [0.3, 0.4) is 0 Å². The summed E-state index contributed by atoms with van der Waals surface area (Å²) >= 11 is 1.79. The molecule has 2 nitrogen and oxygen atoms in total. The molecule has 1 aliphatic rings. The summed E-state index contributed by atoms with van der Waals surface area (Å²) in [7, 11) is 0. The maximum Gasteiger partial charge on any atom is 0.0357 e. The van der Waals surface area contributed by atoms with Crippen LogP contribution in [0.2, 0.25) is 0 Å². The van der Waals surface area contributed by atoms with Gasteiger partial charge in [-0.1, -0.05) is 0 Å². The van der Waals surface area contributed by atoms with Gasteiger partial charge in [-0.15, -0.1) is 12.4 Å². The van der Waals surface area contributed by atoms with Crippen LogP contribution in [0.5, 0.6) is 0 Å². The molecule has 1 aliphatic heterocycles. The molecule has 1 fully saturated rings. The van der Waals surface area contributed by atoms with E-state index in [1.54, 1.807) is 11.3 Å². The van der Waals surface area contributed by atoms with Crippen molar-refractivity contribution in [1.82, 2.24) is 4.90 Å². The van der Waals surface area contributed by atoms with Crippen LogP contribution in [-0.4, -0.2) is 24.5 Å². The average Bonchev–Trinajstić information content (AvgIpc) is 2.71. The molecule has 2 rings (SSSR count). The van der Waals surface area contributed by atoms with E-state index in [1.165, 1.54) is 24.9 Å². The Morgan fingerprint density at radius 2 is 2.43 bits per heavy atom. The van der Waals surface area contributed by atoms with Gasteiger partial charge in [0.1, 0.15) is 0 Å². The molecule has 1 aromatic rings. The Hall–Kier alpha value is -0.0900. The van der Waals surface area contributed by atoms with E-state index < -0.39 is 0 Å². The lowest BCUT2D eigenvalue weighted by Crippen LogP contribution is -2.28. The molecule has 1 aromatic heterocycles. The quantitative estimate of drug-likeness (QED) is 0.867. The smallest absolute Gasteiger partial charge is 0.0357 e. The lowest BCUT2D eigenvalue weighted by atomic mass is 10.1. The first-order valence-corrected chi connectivity index (χ1v) is 5.82. The highest BCUT2D eigenvalue weighted by Gasteiger charge is 2.24. The summed E-state index contributed by atoms with van der Waals surface area (Å²) in [5.74, 6) is 0. The molecule has 1 saturated heterocycles. The summed E-state index contributed by atoms with van der Waals surface area (Å²) in [5.41, 5.74) is 7.07. The lowest BCUT2D eigenvalue weighted by Gasteiger charge is -2.22. The molecule has 0 aliphatic carbocycles. The molecule has 1 unspecified atom stereocenters. The van der Waals surface area contributed by atoms with E-state index in [0.29, 0.717) is 6.04 Å². The molecule has 4 heteroatoms. The zero-order valence-electron chi connectivity index (χ0n) is 8.19. The Bertz CT molecular complexity index is 251. The van der Waals surface area contributed by atoms with Gasteiger partial charge in [-0.2, -0.15) is 11.3 Å². The van der Waals surface area contributed by atoms with Crippen LogP contribution < -0.4 is 5.73 Å². The molecule has 0 amide bonds. The summed E-state index contributed by atoms with van der Waals surface area (Å²) in [6, 6.07) is 2.89. The molecule has 0 aromatic carbocycles. The second-order valence-electron chi connectivity index (χ2n) is 3.54. The Morgan fingerprint density at radius 3 is 3.07 bits per heavy atom. The lowest BCUT2D eigenvalue weighted by molar-refractivity contribution is 0.265. The molecular weight excluding hydrogens is 216 g/mol. The van der Waals surface area contributed by atoms with E-state index in [9.17, 15) is 0 Å². The van der Waals surface area contributed by atoms with Gasteiger partial charge in [0.05, 0.1) is 0 Å². The van der Waals surface area contributed by atoms with Crippen LogP contribution in [0.15, 0.2) is 16.8 Å². The van der Waals surface area contributed by atoms with Gasteiger partial charge in [0.25, 0.3) is 0 Å². The van der Waals surface area contributed by atoms with Crippen LogP contribution in [0.25, 0.3) is 0 Å². The van der Waals surface area contributed by atoms with Crippen LogP contribution in [0, 0.1) is 0 Å². The van der Waals surface area contributed by atoms with Gasteiger partial charge >= 0.3 is 0 Å². The number of thiophene rings is 1. The van der Waals surface area contributed by atoms with E-state index in [4.69, 9.17) is 5.73 Å². The fourth-order valence-electron chi connectivity index (χ4n) is 2.10. The van der Waals surface area contributed by atoms with Gasteiger partial charge in [-0.3, -0.25) is 4.90 Å². The summed E-state index contributed by atoms with van der Waals surface area (Å²) in [6.45, 7) is 3.04. The Balaban J connectivity index is 0.000000980. The summed E-state index contributed by atoms with van der Waals surface area (Å²) in [5, 5.41) is 4.42. The zero-order valence-corrected chi connectivity index (χ0v) is 9.82. The maximum absolute atomic E-state index is 5.58. The number of nitrogens with zero attached hydrogens (tertiary/aromatic N) is 1. The minimum Gasteiger partial charge on any atom is -0.329 e. The molecule has 0 bridgehead atoms. The number of nitrogens with two attached hydrogens (primary N) is 1. The summed E-state index contributed by atoms with van der Waals surface area (Å²) in [6.07, 6.45) is 2.62. The first-order chi connectivity index (χ1) is 6.42. The van der Waals surface area contributed by atoms with Crippen LogP contribution in [0.4, 0.5) is 0 Å². The van der Waals surface area contributed by atoms with Crippen LogP contribution in [-0.2, 0) is 0 Å². The highest BCUT2D eigenvalue weighted by atomic mass is 35.5. The number of hydrogen-bond acceptors (Lipinski definition) is 3. The van der Waals surface area contributed by atoms with Crippen molar-refractivity contribution >= 4 is 23.7 Å². The normalized spacial score (nSPS) is 22.2. The Labute approximate surface area is 95.5 Å². The number of halogens is 1. The van der Waals surface area contributed by atoms with Crippen molar-refractivity contribution in [3.63, 3.8) is 0 Å². The zero-order chi connectivity index (χ0) is 9.10. The molecule has 0 spiro atoms. The largest absolute Gasteiger partial charge is 0.329 e. The average molecular weight is 233 g/mol. The van der Waals surface area contributed by atoms with Crippen LogP contribution >= 0.6 is 23.7 Å². The van der Waals surface area contributed by atoms with Gasteiger partial charge < -0.3 is 5.73 Å². The van der Waals surface area contributed by atoms with Gasteiger partial charge in [0, 0.05) is 19.1 Å². The van der Waals surface area contributed by atoms with E-state index in [-0.39, 0.29) is 12.4 Å².